The van der Waals surface area contributed by atoms with E-state index in [1.165, 1.54) is 34.0 Å². The standard InChI is InChI=1S/C15H20N2S2/c1-9(2)12-8-19-15(17-12)13(16-11-4-5-11)14-10(3)6-7-18-14/h6-9,11,13,16H,4-5H2,1-3H3. The second-order valence-electron chi connectivity index (χ2n) is 5.61. The first-order chi connectivity index (χ1) is 9.15. The monoisotopic (exact) mass is 292 g/mol. The summed E-state index contributed by atoms with van der Waals surface area (Å²) in [5.74, 6) is 0.510. The molecule has 3 rings (SSSR count). The minimum absolute atomic E-state index is 0.296. The summed E-state index contributed by atoms with van der Waals surface area (Å²) in [4.78, 5) is 6.28. The zero-order valence-corrected chi connectivity index (χ0v) is 13.3. The van der Waals surface area contributed by atoms with Gasteiger partial charge in [-0.1, -0.05) is 13.8 Å². The molecule has 1 N–H and O–H groups in total. The van der Waals surface area contributed by atoms with E-state index in [0.717, 1.165) is 0 Å². The highest BCUT2D eigenvalue weighted by molar-refractivity contribution is 7.11. The fraction of sp³-hybridized carbons (Fsp3) is 0.533. The van der Waals surface area contributed by atoms with Crippen molar-refractivity contribution in [3.8, 4) is 0 Å². The van der Waals surface area contributed by atoms with Crippen LogP contribution in [0, 0.1) is 6.92 Å². The van der Waals surface area contributed by atoms with Gasteiger partial charge in [0.2, 0.25) is 0 Å². The van der Waals surface area contributed by atoms with Crippen molar-refractivity contribution < 1.29 is 0 Å². The molecule has 19 heavy (non-hydrogen) atoms. The Morgan fingerprint density at radius 1 is 1.32 bits per heavy atom. The Kier molecular flexibility index (Phi) is 3.74. The number of thiazole rings is 1. The normalized spacial score (nSPS) is 17.1. The summed E-state index contributed by atoms with van der Waals surface area (Å²) in [7, 11) is 0. The maximum absolute atomic E-state index is 4.85. The summed E-state index contributed by atoms with van der Waals surface area (Å²) in [6.45, 7) is 6.61. The number of nitrogens with zero attached hydrogens (tertiary/aromatic N) is 1. The lowest BCUT2D eigenvalue weighted by Crippen LogP contribution is -2.24. The van der Waals surface area contributed by atoms with E-state index in [9.17, 15) is 0 Å². The van der Waals surface area contributed by atoms with Crippen LogP contribution in [0.4, 0.5) is 0 Å². The van der Waals surface area contributed by atoms with Gasteiger partial charge in [-0.2, -0.15) is 0 Å². The van der Waals surface area contributed by atoms with Gasteiger partial charge in [-0.05, 0) is 42.7 Å². The van der Waals surface area contributed by atoms with E-state index in [1.807, 2.05) is 11.3 Å². The molecule has 4 heteroatoms. The van der Waals surface area contributed by atoms with Crippen LogP contribution < -0.4 is 5.32 Å². The van der Waals surface area contributed by atoms with Crippen molar-refractivity contribution in [2.45, 2.75) is 51.6 Å². The first-order valence-electron chi connectivity index (χ1n) is 6.90. The van der Waals surface area contributed by atoms with Crippen LogP contribution in [0.5, 0.6) is 0 Å². The summed E-state index contributed by atoms with van der Waals surface area (Å²) in [5.41, 5.74) is 2.60. The van der Waals surface area contributed by atoms with Crippen LogP contribution in [0.2, 0.25) is 0 Å². The number of aromatic nitrogens is 1. The van der Waals surface area contributed by atoms with E-state index in [-0.39, 0.29) is 0 Å². The van der Waals surface area contributed by atoms with E-state index in [1.54, 1.807) is 11.3 Å². The Hall–Kier alpha value is -0.710. The molecule has 102 valence electrons. The van der Waals surface area contributed by atoms with Crippen molar-refractivity contribution in [1.82, 2.24) is 10.3 Å². The second-order valence-corrected chi connectivity index (χ2v) is 7.44. The van der Waals surface area contributed by atoms with E-state index >= 15 is 0 Å². The topological polar surface area (TPSA) is 24.9 Å². The quantitative estimate of drug-likeness (QED) is 0.879. The lowest BCUT2D eigenvalue weighted by atomic mass is 10.1. The van der Waals surface area contributed by atoms with Gasteiger partial charge in [-0.15, -0.1) is 22.7 Å². The first-order valence-corrected chi connectivity index (χ1v) is 8.66. The van der Waals surface area contributed by atoms with Crippen LogP contribution in [0.15, 0.2) is 16.8 Å². The molecule has 0 aromatic carbocycles. The SMILES string of the molecule is Cc1ccsc1C(NC1CC1)c1nc(C(C)C)cs1. The predicted octanol–water partition coefficient (Wildman–Crippen LogP) is 4.48. The number of aryl methyl sites for hydroxylation is 1. The molecular formula is C15H20N2S2. The maximum Gasteiger partial charge on any atom is 0.115 e. The summed E-state index contributed by atoms with van der Waals surface area (Å²) in [6.07, 6.45) is 2.62. The zero-order valence-electron chi connectivity index (χ0n) is 11.6. The Morgan fingerprint density at radius 2 is 2.11 bits per heavy atom. The third kappa shape index (κ3) is 2.91. The molecule has 0 amide bonds. The molecule has 0 bridgehead atoms. The molecule has 0 spiro atoms. The Morgan fingerprint density at radius 3 is 2.63 bits per heavy atom. The molecule has 1 aliphatic carbocycles. The van der Waals surface area contributed by atoms with Crippen molar-refractivity contribution in [3.05, 3.63) is 38.0 Å². The molecule has 1 fully saturated rings. The third-order valence-corrected chi connectivity index (χ3v) is 5.53. The molecule has 2 heterocycles. The average Bonchev–Trinajstić information content (AvgIpc) is 2.90. The molecule has 1 atom stereocenters. The Balaban J connectivity index is 1.91. The van der Waals surface area contributed by atoms with Crippen molar-refractivity contribution in [3.63, 3.8) is 0 Å². The van der Waals surface area contributed by atoms with Crippen LogP contribution >= 0.6 is 22.7 Å². The van der Waals surface area contributed by atoms with E-state index in [0.29, 0.717) is 18.0 Å². The van der Waals surface area contributed by atoms with Crippen LogP contribution in [-0.4, -0.2) is 11.0 Å². The van der Waals surface area contributed by atoms with Crippen molar-refractivity contribution in [2.75, 3.05) is 0 Å². The highest BCUT2D eigenvalue weighted by Crippen LogP contribution is 2.35. The van der Waals surface area contributed by atoms with Gasteiger partial charge in [0.1, 0.15) is 5.01 Å². The van der Waals surface area contributed by atoms with Crippen molar-refractivity contribution in [2.24, 2.45) is 0 Å². The van der Waals surface area contributed by atoms with E-state index in [2.05, 4.69) is 42.9 Å². The number of nitrogens with one attached hydrogen (secondary N) is 1. The molecular weight excluding hydrogens is 272 g/mol. The summed E-state index contributed by atoms with van der Waals surface area (Å²) < 4.78 is 0. The van der Waals surface area contributed by atoms with Gasteiger partial charge in [-0.25, -0.2) is 4.98 Å². The number of hydrogen-bond acceptors (Lipinski definition) is 4. The Labute approximate surface area is 122 Å². The lowest BCUT2D eigenvalue weighted by Gasteiger charge is -2.16. The van der Waals surface area contributed by atoms with Gasteiger partial charge in [0.15, 0.2) is 0 Å². The van der Waals surface area contributed by atoms with E-state index in [4.69, 9.17) is 4.98 Å². The van der Waals surface area contributed by atoms with Crippen molar-refractivity contribution in [1.29, 1.82) is 0 Å². The van der Waals surface area contributed by atoms with Crippen LogP contribution in [0.1, 0.15) is 59.8 Å². The molecule has 1 saturated carbocycles. The molecule has 1 unspecified atom stereocenters. The van der Waals surface area contributed by atoms with Gasteiger partial charge in [0.25, 0.3) is 0 Å². The molecule has 1 aliphatic rings. The molecule has 2 aromatic rings. The summed E-state index contributed by atoms with van der Waals surface area (Å²) >= 11 is 3.64. The molecule has 2 aromatic heterocycles. The van der Waals surface area contributed by atoms with Crippen molar-refractivity contribution >= 4 is 22.7 Å². The number of rotatable bonds is 5. The van der Waals surface area contributed by atoms with Gasteiger partial charge < -0.3 is 5.32 Å². The second kappa shape index (κ2) is 5.35. The fourth-order valence-corrected chi connectivity index (χ4v) is 4.23. The number of thiophene rings is 1. The van der Waals surface area contributed by atoms with Crippen LogP contribution in [-0.2, 0) is 0 Å². The molecule has 0 radical (unpaired) electrons. The highest BCUT2D eigenvalue weighted by Gasteiger charge is 2.29. The molecule has 0 saturated heterocycles. The lowest BCUT2D eigenvalue weighted by molar-refractivity contribution is 0.601. The fourth-order valence-electron chi connectivity index (χ4n) is 2.12. The average molecular weight is 292 g/mol. The van der Waals surface area contributed by atoms with E-state index < -0.39 is 0 Å². The van der Waals surface area contributed by atoms with Gasteiger partial charge in [0, 0.05) is 16.3 Å². The minimum Gasteiger partial charge on any atom is -0.301 e. The smallest absolute Gasteiger partial charge is 0.115 e. The molecule has 0 aliphatic heterocycles. The largest absolute Gasteiger partial charge is 0.301 e. The highest BCUT2D eigenvalue weighted by atomic mass is 32.1. The maximum atomic E-state index is 4.85. The first kappa shape index (κ1) is 13.3. The van der Waals surface area contributed by atoms with Gasteiger partial charge in [0.05, 0.1) is 11.7 Å². The summed E-state index contributed by atoms with van der Waals surface area (Å²) in [6, 6.07) is 3.20. The van der Waals surface area contributed by atoms with Crippen LogP contribution in [0.3, 0.4) is 0 Å². The van der Waals surface area contributed by atoms with Crippen LogP contribution in [0.25, 0.3) is 0 Å². The summed E-state index contributed by atoms with van der Waals surface area (Å²) in [5, 5.41) is 9.38. The van der Waals surface area contributed by atoms with Gasteiger partial charge in [-0.3, -0.25) is 0 Å². The zero-order chi connectivity index (χ0) is 13.4. The Bertz CT molecular complexity index is 552. The number of hydrogen-bond donors (Lipinski definition) is 1. The minimum atomic E-state index is 0.296. The molecule has 2 nitrogen and oxygen atoms in total. The predicted molar refractivity (Wildman–Crippen MR) is 83.3 cm³/mol. The third-order valence-electron chi connectivity index (χ3n) is 3.52. The van der Waals surface area contributed by atoms with Gasteiger partial charge >= 0.3 is 0 Å².